The Hall–Kier alpha value is -3.44. The highest BCUT2D eigenvalue weighted by atomic mass is 15.2. The number of azide groups is 1. The highest BCUT2D eigenvalue weighted by molar-refractivity contribution is 5.78. The quantitative estimate of drug-likeness (QED) is 0.284. The van der Waals surface area contributed by atoms with Crippen LogP contribution in [0, 0.1) is 0 Å². The second-order valence-electron chi connectivity index (χ2n) is 5.70. The Morgan fingerprint density at radius 2 is 1.72 bits per heavy atom. The van der Waals surface area contributed by atoms with Crippen LogP contribution in [-0.2, 0) is 6.67 Å². The molecular weight excluding hydrogens is 314 g/mol. The lowest BCUT2D eigenvalue weighted by Gasteiger charge is -2.11. The molecule has 1 aromatic heterocycles. The first-order chi connectivity index (χ1) is 12.2. The van der Waals surface area contributed by atoms with Crippen molar-refractivity contribution in [2.24, 2.45) is 15.3 Å². The second kappa shape index (κ2) is 7.42. The number of anilines is 1. The number of benzene rings is 2. The van der Waals surface area contributed by atoms with Crippen LogP contribution in [0.15, 0.2) is 76.1 Å². The van der Waals surface area contributed by atoms with Crippen molar-refractivity contribution in [2.45, 2.75) is 6.67 Å². The van der Waals surface area contributed by atoms with Gasteiger partial charge in [-0.25, -0.2) is 0 Å². The monoisotopic (exact) mass is 332 g/mol. The van der Waals surface area contributed by atoms with Gasteiger partial charge in [0.05, 0.1) is 11.4 Å². The molecule has 0 saturated carbocycles. The number of nitrogens with zero attached hydrogens (tertiary/aromatic N) is 7. The van der Waals surface area contributed by atoms with Gasteiger partial charge in [0.15, 0.2) is 6.20 Å². The minimum absolute atomic E-state index is 0.237. The summed E-state index contributed by atoms with van der Waals surface area (Å²) in [5.74, 6) is 0. The number of hydrogen-bond donors (Lipinski definition) is 0. The average molecular weight is 332 g/mol. The lowest BCUT2D eigenvalue weighted by atomic mass is 10.2. The molecule has 0 atom stereocenters. The van der Waals surface area contributed by atoms with Crippen LogP contribution in [0.5, 0.6) is 0 Å². The third kappa shape index (κ3) is 3.91. The predicted octanol–water partition coefficient (Wildman–Crippen LogP) is 4.88. The van der Waals surface area contributed by atoms with E-state index in [1.165, 1.54) is 0 Å². The molecule has 0 fully saturated rings. The first-order valence-electron chi connectivity index (χ1n) is 7.79. The van der Waals surface area contributed by atoms with Gasteiger partial charge in [0.25, 0.3) is 0 Å². The van der Waals surface area contributed by atoms with Crippen LogP contribution in [0.4, 0.5) is 17.1 Å². The van der Waals surface area contributed by atoms with Crippen LogP contribution in [-0.4, -0.2) is 14.1 Å². The van der Waals surface area contributed by atoms with Gasteiger partial charge < -0.3 is 4.90 Å². The topological polar surface area (TPSA) is 80.6 Å². The number of fused-ring (bicyclic) bond motifs is 1. The van der Waals surface area contributed by atoms with E-state index in [0.29, 0.717) is 0 Å². The lowest BCUT2D eigenvalue weighted by Crippen LogP contribution is -2.32. The molecule has 0 spiro atoms. The molecule has 0 bridgehead atoms. The lowest BCUT2D eigenvalue weighted by molar-refractivity contribution is -0.670. The van der Waals surface area contributed by atoms with Gasteiger partial charge in [-0.3, -0.25) is 0 Å². The van der Waals surface area contributed by atoms with Crippen molar-refractivity contribution >= 4 is 28.0 Å². The highest BCUT2D eigenvalue weighted by Gasteiger charge is 2.08. The minimum Gasteiger partial charge on any atom is -0.378 e. The molecule has 0 saturated heterocycles. The van der Waals surface area contributed by atoms with E-state index in [-0.39, 0.29) is 6.67 Å². The fourth-order valence-electron chi connectivity index (χ4n) is 2.47. The third-order valence-electron chi connectivity index (χ3n) is 3.79. The molecule has 124 valence electrons. The van der Waals surface area contributed by atoms with E-state index in [9.17, 15) is 0 Å². The van der Waals surface area contributed by atoms with Crippen LogP contribution >= 0.6 is 0 Å². The summed E-state index contributed by atoms with van der Waals surface area (Å²) in [7, 11) is 3.99. The summed E-state index contributed by atoms with van der Waals surface area (Å²) in [6, 6.07) is 17.6. The fraction of sp³-hybridized carbons (Fsp3) is 0.167. The molecular formula is C18H18N7+. The van der Waals surface area contributed by atoms with E-state index in [0.717, 1.165) is 28.0 Å². The Labute approximate surface area is 145 Å². The molecule has 0 N–H and O–H groups in total. The summed E-state index contributed by atoms with van der Waals surface area (Å²) in [5, 5.41) is 13.3. The number of rotatable bonds is 5. The first kappa shape index (κ1) is 16.4. The molecule has 0 unspecified atom stereocenters. The van der Waals surface area contributed by atoms with Crippen LogP contribution in [0.2, 0.25) is 0 Å². The molecule has 0 aliphatic rings. The molecule has 7 heteroatoms. The molecule has 7 nitrogen and oxygen atoms in total. The standard InChI is InChI=1S/C18H18N7/c1-24(2)17-9-7-15(8-10-17)21-22-16-6-5-14-4-3-11-25(13-20-23-19)18(14)12-16/h3-12H,13H2,1-2H3/q+1. The maximum atomic E-state index is 8.53. The summed E-state index contributed by atoms with van der Waals surface area (Å²) in [4.78, 5) is 4.85. The van der Waals surface area contributed by atoms with Crippen LogP contribution in [0.1, 0.15) is 0 Å². The SMILES string of the molecule is CN(C)c1ccc(N=Nc2ccc3ccc[n+](CN=[N+]=[N-])c3c2)cc1. The highest BCUT2D eigenvalue weighted by Crippen LogP contribution is 2.23. The molecule has 0 radical (unpaired) electrons. The van der Waals surface area contributed by atoms with E-state index >= 15 is 0 Å². The number of aromatic nitrogens is 1. The number of hydrogen-bond acceptors (Lipinski definition) is 4. The molecule has 2 aromatic carbocycles. The maximum absolute atomic E-state index is 8.53. The molecule has 3 rings (SSSR count). The van der Waals surface area contributed by atoms with Crippen molar-refractivity contribution in [3.8, 4) is 0 Å². The molecule has 0 aliphatic carbocycles. The zero-order valence-electron chi connectivity index (χ0n) is 14.1. The van der Waals surface area contributed by atoms with E-state index in [2.05, 4.69) is 20.3 Å². The van der Waals surface area contributed by atoms with Gasteiger partial charge in [-0.2, -0.15) is 14.8 Å². The van der Waals surface area contributed by atoms with Gasteiger partial charge in [0, 0.05) is 42.2 Å². The normalized spacial score (nSPS) is 10.8. The van der Waals surface area contributed by atoms with Crippen LogP contribution in [0.3, 0.4) is 0 Å². The maximum Gasteiger partial charge on any atom is 0.228 e. The number of azo groups is 1. The Balaban J connectivity index is 1.89. The van der Waals surface area contributed by atoms with Crippen molar-refractivity contribution in [3.05, 3.63) is 71.2 Å². The molecule has 1 heterocycles. The third-order valence-corrected chi connectivity index (χ3v) is 3.79. The van der Waals surface area contributed by atoms with Gasteiger partial charge in [-0.1, -0.05) is 0 Å². The zero-order chi connectivity index (χ0) is 17.6. The van der Waals surface area contributed by atoms with E-state index < -0.39 is 0 Å². The smallest absolute Gasteiger partial charge is 0.228 e. The Morgan fingerprint density at radius 3 is 2.44 bits per heavy atom. The minimum atomic E-state index is 0.237. The van der Waals surface area contributed by atoms with Gasteiger partial charge in [0.2, 0.25) is 12.2 Å². The summed E-state index contributed by atoms with van der Waals surface area (Å²) in [6.45, 7) is 0.237. The summed E-state index contributed by atoms with van der Waals surface area (Å²) >= 11 is 0. The molecule has 0 amide bonds. The average Bonchev–Trinajstić information content (AvgIpc) is 2.64. The van der Waals surface area contributed by atoms with Gasteiger partial charge in [-0.05, 0) is 53.1 Å². The van der Waals surface area contributed by atoms with Crippen molar-refractivity contribution in [1.82, 2.24) is 0 Å². The Kier molecular flexibility index (Phi) is 4.87. The van der Waals surface area contributed by atoms with Gasteiger partial charge in [0.1, 0.15) is 0 Å². The summed E-state index contributed by atoms with van der Waals surface area (Å²) in [5.41, 5.74) is 12.1. The van der Waals surface area contributed by atoms with Crippen LogP contribution < -0.4 is 9.47 Å². The largest absolute Gasteiger partial charge is 0.378 e. The molecule has 3 aromatic rings. The molecule has 25 heavy (non-hydrogen) atoms. The van der Waals surface area contributed by atoms with E-state index in [1.807, 2.05) is 84.4 Å². The van der Waals surface area contributed by atoms with Gasteiger partial charge >= 0.3 is 0 Å². The summed E-state index contributed by atoms with van der Waals surface area (Å²) in [6.07, 6.45) is 1.87. The molecule has 0 aliphatic heterocycles. The number of pyridine rings is 1. The Morgan fingerprint density at radius 1 is 1.00 bits per heavy atom. The fourth-order valence-corrected chi connectivity index (χ4v) is 2.47. The predicted molar refractivity (Wildman–Crippen MR) is 98.2 cm³/mol. The van der Waals surface area contributed by atoms with Crippen molar-refractivity contribution in [2.75, 3.05) is 19.0 Å². The van der Waals surface area contributed by atoms with E-state index in [4.69, 9.17) is 5.53 Å². The van der Waals surface area contributed by atoms with Crippen molar-refractivity contribution in [3.63, 3.8) is 0 Å². The first-order valence-corrected chi connectivity index (χ1v) is 7.79. The second-order valence-corrected chi connectivity index (χ2v) is 5.70. The van der Waals surface area contributed by atoms with Crippen molar-refractivity contribution in [1.29, 1.82) is 0 Å². The van der Waals surface area contributed by atoms with E-state index in [1.54, 1.807) is 0 Å². The summed E-state index contributed by atoms with van der Waals surface area (Å²) < 4.78 is 1.87. The zero-order valence-corrected chi connectivity index (χ0v) is 14.1. The van der Waals surface area contributed by atoms with Crippen molar-refractivity contribution < 1.29 is 4.57 Å². The van der Waals surface area contributed by atoms with Crippen LogP contribution in [0.25, 0.3) is 21.3 Å². The Bertz CT molecular complexity index is 955. The van der Waals surface area contributed by atoms with Gasteiger partial charge in [-0.15, -0.1) is 0 Å².